The van der Waals surface area contributed by atoms with E-state index < -0.39 is 5.97 Å². The molecule has 1 heterocycles. The molecule has 22 heavy (non-hydrogen) atoms. The second kappa shape index (κ2) is 7.91. The van der Waals surface area contributed by atoms with Crippen molar-refractivity contribution in [1.82, 2.24) is 9.80 Å². The monoisotopic (exact) mass is 306 g/mol. The Hall–Kier alpha value is -1.92. The smallest absolute Gasteiger partial charge is 0.323 e. The Bertz CT molecular complexity index is 506. The third-order valence-electron chi connectivity index (χ3n) is 3.67. The van der Waals surface area contributed by atoms with Crippen LogP contribution in [0.1, 0.15) is 12.0 Å². The number of carboxylic acids is 1. The molecule has 1 atom stereocenters. The zero-order chi connectivity index (χ0) is 15.9. The fourth-order valence-corrected chi connectivity index (χ4v) is 2.53. The van der Waals surface area contributed by atoms with Crippen molar-refractivity contribution in [3.63, 3.8) is 0 Å². The fourth-order valence-electron chi connectivity index (χ4n) is 2.53. The van der Waals surface area contributed by atoms with Crippen molar-refractivity contribution >= 4 is 11.9 Å². The Morgan fingerprint density at radius 1 is 1.36 bits per heavy atom. The van der Waals surface area contributed by atoms with E-state index in [-0.39, 0.29) is 25.0 Å². The molecule has 1 saturated heterocycles. The summed E-state index contributed by atoms with van der Waals surface area (Å²) in [6.07, 6.45) is 0.0379. The molecule has 1 unspecified atom stereocenters. The molecule has 0 bridgehead atoms. The predicted molar refractivity (Wildman–Crippen MR) is 81.3 cm³/mol. The maximum atomic E-state index is 12.0. The Labute approximate surface area is 130 Å². The van der Waals surface area contributed by atoms with Gasteiger partial charge in [0, 0.05) is 26.7 Å². The van der Waals surface area contributed by atoms with E-state index in [1.165, 1.54) is 17.5 Å². The minimum absolute atomic E-state index is 0.179. The summed E-state index contributed by atoms with van der Waals surface area (Å²) < 4.78 is 5.64. The van der Waals surface area contributed by atoms with E-state index in [2.05, 4.69) is 17.0 Å². The molecule has 0 radical (unpaired) electrons. The summed E-state index contributed by atoms with van der Waals surface area (Å²) in [6, 6.07) is 10.2. The molecule has 1 aromatic carbocycles. The van der Waals surface area contributed by atoms with Gasteiger partial charge < -0.3 is 14.7 Å². The van der Waals surface area contributed by atoms with Gasteiger partial charge in [0.25, 0.3) is 0 Å². The highest BCUT2D eigenvalue weighted by molar-refractivity contribution is 5.81. The molecule has 1 amide bonds. The molecule has 1 aliphatic heterocycles. The lowest BCUT2D eigenvalue weighted by Gasteiger charge is -2.33. The van der Waals surface area contributed by atoms with Crippen molar-refractivity contribution in [1.29, 1.82) is 0 Å². The molecule has 0 aromatic heterocycles. The molecule has 0 aliphatic carbocycles. The summed E-state index contributed by atoms with van der Waals surface area (Å²) in [6.45, 7) is 2.67. The van der Waals surface area contributed by atoms with Crippen LogP contribution in [0.4, 0.5) is 0 Å². The summed E-state index contributed by atoms with van der Waals surface area (Å²) in [4.78, 5) is 26.1. The number of carbonyl (C=O) groups is 2. The van der Waals surface area contributed by atoms with E-state index in [0.717, 1.165) is 13.1 Å². The van der Waals surface area contributed by atoms with Gasteiger partial charge >= 0.3 is 5.97 Å². The van der Waals surface area contributed by atoms with Crippen LogP contribution in [0.2, 0.25) is 0 Å². The molecule has 6 nitrogen and oxygen atoms in total. The van der Waals surface area contributed by atoms with Crippen LogP contribution in [-0.2, 0) is 20.9 Å². The van der Waals surface area contributed by atoms with Gasteiger partial charge in [-0.05, 0) is 5.56 Å². The van der Waals surface area contributed by atoms with Crippen LogP contribution < -0.4 is 0 Å². The van der Waals surface area contributed by atoms with Gasteiger partial charge in [-0.2, -0.15) is 0 Å². The number of aliphatic carboxylic acids is 1. The van der Waals surface area contributed by atoms with E-state index in [1.54, 1.807) is 0 Å². The molecular formula is C16H22N2O4. The molecule has 6 heteroatoms. The topological polar surface area (TPSA) is 70.1 Å². The number of hydrogen-bond donors (Lipinski definition) is 1. The van der Waals surface area contributed by atoms with Crippen molar-refractivity contribution in [3.05, 3.63) is 35.9 Å². The first kappa shape index (κ1) is 16.5. The number of hydrogen-bond acceptors (Lipinski definition) is 4. The van der Waals surface area contributed by atoms with E-state index in [9.17, 15) is 9.59 Å². The number of ether oxygens (including phenoxy) is 1. The number of nitrogens with zero attached hydrogens (tertiary/aromatic N) is 2. The van der Waals surface area contributed by atoms with E-state index >= 15 is 0 Å². The quantitative estimate of drug-likeness (QED) is 0.842. The average molecular weight is 306 g/mol. The van der Waals surface area contributed by atoms with Crippen LogP contribution in [0.15, 0.2) is 30.3 Å². The van der Waals surface area contributed by atoms with Crippen LogP contribution in [0, 0.1) is 0 Å². The second-order valence-corrected chi connectivity index (χ2v) is 5.56. The second-order valence-electron chi connectivity index (χ2n) is 5.56. The van der Waals surface area contributed by atoms with E-state index in [0.29, 0.717) is 13.2 Å². The van der Waals surface area contributed by atoms with Gasteiger partial charge in [0.1, 0.15) is 6.54 Å². The largest absolute Gasteiger partial charge is 0.480 e. The molecule has 0 saturated carbocycles. The zero-order valence-corrected chi connectivity index (χ0v) is 12.8. The molecule has 120 valence electrons. The van der Waals surface area contributed by atoms with Crippen LogP contribution in [-0.4, -0.2) is 66.2 Å². The summed E-state index contributed by atoms with van der Waals surface area (Å²) >= 11 is 0. The minimum Gasteiger partial charge on any atom is -0.480 e. The van der Waals surface area contributed by atoms with Gasteiger partial charge in [-0.3, -0.25) is 14.5 Å². The van der Waals surface area contributed by atoms with Gasteiger partial charge in [-0.25, -0.2) is 0 Å². The minimum atomic E-state index is -1.01. The van der Waals surface area contributed by atoms with Gasteiger partial charge in [-0.1, -0.05) is 30.3 Å². The Kier molecular flexibility index (Phi) is 5.91. The number of rotatable bonds is 6. The van der Waals surface area contributed by atoms with Crippen molar-refractivity contribution in [3.8, 4) is 0 Å². The number of carboxylic acid groups (broad SMARTS) is 1. The van der Waals surface area contributed by atoms with Gasteiger partial charge in [-0.15, -0.1) is 0 Å². The van der Waals surface area contributed by atoms with Crippen LogP contribution in [0.3, 0.4) is 0 Å². The number of amides is 1. The molecule has 1 aliphatic rings. The molecule has 1 aromatic rings. The Balaban J connectivity index is 1.83. The van der Waals surface area contributed by atoms with Crippen molar-refractivity contribution < 1.29 is 19.4 Å². The lowest BCUT2D eigenvalue weighted by atomic mass is 10.1. The highest BCUT2D eigenvalue weighted by Crippen LogP contribution is 2.13. The summed E-state index contributed by atoms with van der Waals surface area (Å²) in [5, 5.41) is 8.71. The lowest BCUT2D eigenvalue weighted by molar-refractivity contribution is -0.145. The van der Waals surface area contributed by atoms with Gasteiger partial charge in [0.05, 0.1) is 19.1 Å². The number of benzene rings is 1. The van der Waals surface area contributed by atoms with Crippen LogP contribution >= 0.6 is 0 Å². The Morgan fingerprint density at radius 2 is 2.09 bits per heavy atom. The molecule has 0 spiro atoms. The fraction of sp³-hybridized carbons (Fsp3) is 0.500. The Morgan fingerprint density at radius 3 is 2.77 bits per heavy atom. The normalized spacial score (nSPS) is 18.9. The predicted octanol–water partition coefficient (Wildman–Crippen LogP) is 0.821. The molecular weight excluding hydrogens is 284 g/mol. The van der Waals surface area contributed by atoms with Crippen molar-refractivity contribution in [2.24, 2.45) is 0 Å². The standard InChI is InChI=1S/C16H22N2O4/c1-17(12-16(20)21)15(19)9-14-11-18(7-8-22-14)10-13-5-3-2-4-6-13/h2-6,14H,7-12H2,1H3,(H,20,21). The lowest BCUT2D eigenvalue weighted by Crippen LogP contribution is -2.44. The summed E-state index contributed by atoms with van der Waals surface area (Å²) in [7, 11) is 1.50. The molecule has 1 fully saturated rings. The highest BCUT2D eigenvalue weighted by atomic mass is 16.5. The van der Waals surface area contributed by atoms with E-state index in [1.807, 2.05) is 18.2 Å². The first-order valence-electron chi connectivity index (χ1n) is 7.38. The SMILES string of the molecule is CN(CC(=O)O)C(=O)CC1CN(Cc2ccccc2)CCO1. The summed E-state index contributed by atoms with van der Waals surface area (Å²) in [5.41, 5.74) is 1.23. The third kappa shape index (κ3) is 5.13. The first-order valence-corrected chi connectivity index (χ1v) is 7.38. The molecule has 1 N–H and O–H groups in total. The van der Waals surface area contributed by atoms with Crippen LogP contribution in [0.5, 0.6) is 0 Å². The van der Waals surface area contributed by atoms with Crippen molar-refractivity contribution in [2.45, 2.75) is 19.1 Å². The highest BCUT2D eigenvalue weighted by Gasteiger charge is 2.24. The van der Waals surface area contributed by atoms with Gasteiger partial charge in [0.15, 0.2) is 0 Å². The summed E-state index contributed by atoms with van der Waals surface area (Å²) in [5.74, 6) is -1.21. The van der Waals surface area contributed by atoms with E-state index in [4.69, 9.17) is 9.84 Å². The van der Waals surface area contributed by atoms with Crippen LogP contribution in [0.25, 0.3) is 0 Å². The average Bonchev–Trinajstić information content (AvgIpc) is 2.48. The third-order valence-corrected chi connectivity index (χ3v) is 3.67. The number of morpholine rings is 1. The maximum Gasteiger partial charge on any atom is 0.323 e. The van der Waals surface area contributed by atoms with Crippen molar-refractivity contribution in [2.75, 3.05) is 33.3 Å². The zero-order valence-electron chi connectivity index (χ0n) is 12.8. The maximum absolute atomic E-state index is 12.0. The first-order chi connectivity index (χ1) is 10.5. The number of likely N-dealkylation sites (N-methyl/N-ethyl adjacent to an activating group) is 1. The number of carbonyl (C=O) groups excluding carboxylic acids is 1. The molecule has 2 rings (SSSR count). The van der Waals surface area contributed by atoms with Gasteiger partial charge in [0.2, 0.25) is 5.91 Å².